The number of nitrogen functional groups attached to an aromatic ring is 1. The van der Waals surface area contributed by atoms with Gasteiger partial charge < -0.3 is 15.6 Å². The molecule has 1 aromatic carbocycles. The summed E-state index contributed by atoms with van der Waals surface area (Å²) in [6, 6.07) is 2.16. The van der Waals surface area contributed by atoms with Crippen LogP contribution in [0.4, 0.5) is 14.5 Å². The summed E-state index contributed by atoms with van der Waals surface area (Å²) in [5.41, 5.74) is 4.28. The number of aryl methyl sites for hydroxylation is 1. The van der Waals surface area contributed by atoms with Gasteiger partial charge in [-0.3, -0.25) is 0 Å². The Hall–Kier alpha value is -2.41. The summed E-state index contributed by atoms with van der Waals surface area (Å²) in [4.78, 5) is 14.8. The Labute approximate surface area is 129 Å². The smallest absolute Gasteiger partial charge is 0.356 e. The fraction of sp³-hybridized carbons (Fsp3) is 0.143. The van der Waals surface area contributed by atoms with Crippen LogP contribution in [0.2, 0.25) is 5.02 Å². The van der Waals surface area contributed by atoms with Crippen molar-refractivity contribution in [3.05, 3.63) is 40.0 Å². The Morgan fingerprint density at radius 2 is 2.05 bits per heavy atom. The van der Waals surface area contributed by atoms with E-state index < -0.39 is 28.9 Å². The van der Waals surface area contributed by atoms with Crippen LogP contribution >= 0.6 is 11.6 Å². The van der Waals surface area contributed by atoms with Gasteiger partial charge in [-0.2, -0.15) is 0 Å². The van der Waals surface area contributed by atoms with E-state index in [2.05, 4.69) is 4.98 Å². The van der Waals surface area contributed by atoms with Crippen LogP contribution in [0.5, 0.6) is 5.75 Å². The molecule has 5 nitrogen and oxygen atoms in total. The van der Waals surface area contributed by atoms with Gasteiger partial charge in [-0.05, 0) is 24.6 Å². The molecule has 0 radical (unpaired) electrons. The number of nitrogens with zero attached hydrogens (tertiary/aromatic N) is 1. The number of aromatic nitrogens is 1. The zero-order valence-electron chi connectivity index (χ0n) is 11.6. The molecule has 0 aliphatic carbocycles. The van der Waals surface area contributed by atoms with E-state index in [1.807, 2.05) is 0 Å². The summed E-state index contributed by atoms with van der Waals surface area (Å²) >= 11 is 5.73. The van der Waals surface area contributed by atoms with Gasteiger partial charge in [0, 0.05) is 0 Å². The van der Waals surface area contributed by atoms with Gasteiger partial charge in [0.25, 0.3) is 0 Å². The molecule has 2 aromatic rings. The zero-order valence-corrected chi connectivity index (χ0v) is 12.3. The van der Waals surface area contributed by atoms with Gasteiger partial charge in [-0.15, -0.1) is 0 Å². The molecule has 1 aromatic heterocycles. The molecular formula is C14H11ClF2N2O3. The summed E-state index contributed by atoms with van der Waals surface area (Å²) in [6.45, 7) is 1.47. The van der Waals surface area contributed by atoms with Gasteiger partial charge in [0.05, 0.1) is 29.1 Å². The van der Waals surface area contributed by atoms with Gasteiger partial charge in [-0.1, -0.05) is 11.6 Å². The van der Waals surface area contributed by atoms with Crippen LogP contribution in [0.1, 0.15) is 16.1 Å². The maximum absolute atomic E-state index is 14.4. The third-order valence-electron chi connectivity index (χ3n) is 3.01. The largest absolute Gasteiger partial charge is 0.493 e. The SMILES string of the molecule is COc1c(C)cc(F)c(-c2cc(N)c(Cl)c(C(=O)O)n2)c1F. The Kier molecular flexibility index (Phi) is 4.18. The first-order chi connectivity index (χ1) is 10.3. The first-order valence-corrected chi connectivity index (χ1v) is 6.38. The lowest BCUT2D eigenvalue weighted by atomic mass is 10.0. The van der Waals surface area contributed by atoms with Crippen molar-refractivity contribution in [3.8, 4) is 17.0 Å². The maximum atomic E-state index is 14.4. The second-order valence-electron chi connectivity index (χ2n) is 4.46. The third-order valence-corrected chi connectivity index (χ3v) is 3.40. The molecule has 8 heteroatoms. The van der Waals surface area contributed by atoms with E-state index in [4.69, 9.17) is 27.2 Å². The predicted octanol–water partition coefficient (Wildman–Crippen LogP) is 3.28. The molecule has 0 saturated carbocycles. The third kappa shape index (κ3) is 2.55. The van der Waals surface area contributed by atoms with Crippen molar-refractivity contribution in [3.63, 3.8) is 0 Å². The monoisotopic (exact) mass is 328 g/mol. The van der Waals surface area contributed by atoms with Crippen molar-refractivity contribution >= 4 is 23.3 Å². The van der Waals surface area contributed by atoms with Crippen LogP contribution in [-0.4, -0.2) is 23.2 Å². The molecule has 0 bridgehead atoms. The minimum Gasteiger partial charge on any atom is -0.493 e. The van der Waals surface area contributed by atoms with E-state index in [-0.39, 0.29) is 27.7 Å². The topological polar surface area (TPSA) is 85.4 Å². The summed E-state index contributed by atoms with van der Waals surface area (Å²) in [5.74, 6) is -3.53. The van der Waals surface area contributed by atoms with Crippen LogP contribution in [0.15, 0.2) is 12.1 Å². The Balaban J connectivity index is 2.80. The van der Waals surface area contributed by atoms with Crippen molar-refractivity contribution in [1.29, 1.82) is 0 Å². The highest BCUT2D eigenvalue weighted by Crippen LogP contribution is 2.36. The number of pyridine rings is 1. The van der Waals surface area contributed by atoms with Crippen LogP contribution in [-0.2, 0) is 0 Å². The Morgan fingerprint density at radius 1 is 1.41 bits per heavy atom. The van der Waals surface area contributed by atoms with Gasteiger partial charge in [0.2, 0.25) is 0 Å². The first kappa shape index (κ1) is 16.0. The predicted molar refractivity (Wildman–Crippen MR) is 77.3 cm³/mol. The minimum absolute atomic E-state index is 0.151. The van der Waals surface area contributed by atoms with Crippen molar-refractivity contribution in [2.45, 2.75) is 6.92 Å². The zero-order chi connectivity index (χ0) is 16.6. The highest BCUT2D eigenvalue weighted by Gasteiger charge is 2.23. The second kappa shape index (κ2) is 5.76. The van der Waals surface area contributed by atoms with Crippen LogP contribution in [0.25, 0.3) is 11.3 Å². The van der Waals surface area contributed by atoms with Crippen molar-refractivity contribution in [2.75, 3.05) is 12.8 Å². The average molecular weight is 329 g/mol. The van der Waals surface area contributed by atoms with Crippen molar-refractivity contribution < 1.29 is 23.4 Å². The van der Waals surface area contributed by atoms with E-state index in [9.17, 15) is 13.6 Å². The minimum atomic E-state index is -1.46. The number of anilines is 1. The van der Waals surface area contributed by atoms with E-state index in [0.717, 1.165) is 12.1 Å². The van der Waals surface area contributed by atoms with Gasteiger partial charge in [-0.25, -0.2) is 18.6 Å². The van der Waals surface area contributed by atoms with Crippen molar-refractivity contribution in [2.24, 2.45) is 0 Å². The number of carbonyl (C=O) groups is 1. The van der Waals surface area contributed by atoms with Gasteiger partial charge >= 0.3 is 5.97 Å². The first-order valence-electron chi connectivity index (χ1n) is 6.00. The standard InChI is InChI=1S/C14H11ClF2N2O3/c1-5-3-6(16)9(11(17)13(5)22-2)8-4-7(18)10(15)12(19-8)14(20)21/h3-4H,1-2H3,(H2,18,19)(H,20,21). The number of nitrogens with two attached hydrogens (primary N) is 1. The molecule has 0 aliphatic rings. The summed E-state index contributed by atoms with van der Waals surface area (Å²) < 4.78 is 33.4. The molecule has 0 amide bonds. The molecule has 0 fully saturated rings. The lowest BCUT2D eigenvalue weighted by Gasteiger charge is -2.13. The second-order valence-corrected chi connectivity index (χ2v) is 4.84. The number of halogens is 3. The van der Waals surface area contributed by atoms with E-state index in [0.29, 0.717) is 0 Å². The number of hydrogen-bond acceptors (Lipinski definition) is 4. The average Bonchev–Trinajstić information content (AvgIpc) is 2.42. The number of aromatic carboxylic acids is 1. The number of carboxylic acid groups (broad SMARTS) is 1. The highest BCUT2D eigenvalue weighted by molar-refractivity contribution is 6.35. The van der Waals surface area contributed by atoms with E-state index in [1.54, 1.807) is 0 Å². The molecule has 3 N–H and O–H groups in total. The van der Waals surface area contributed by atoms with E-state index >= 15 is 0 Å². The fourth-order valence-corrected chi connectivity index (χ4v) is 2.20. The molecule has 0 aliphatic heterocycles. The van der Waals surface area contributed by atoms with Crippen molar-refractivity contribution in [1.82, 2.24) is 4.98 Å². The lowest BCUT2D eigenvalue weighted by Crippen LogP contribution is -2.07. The Morgan fingerprint density at radius 3 is 2.59 bits per heavy atom. The number of methoxy groups -OCH3 is 1. The van der Waals surface area contributed by atoms with Crippen LogP contribution in [0.3, 0.4) is 0 Å². The summed E-state index contributed by atoms with van der Waals surface area (Å²) in [7, 11) is 1.24. The molecule has 0 atom stereocenters. The molecule has 0 spiro atoms. The number of carboxylic acids is 1. The number of rotatable bonds is 3. The normalized spacial score (nSPS) is 10.6. The fourth-order valence-electron chi connectivity index (χ4n) is 2.02. The van der Waals surface area contributed by atoms with Crippen LogP contribution in [0, 0.1) is 18.6 Å². The molecule has 0 saturated heterocycles. The summed E-state index contributed by atoms with van der Waals surface area (Å²) in [6.07, 6.45) is 0. The number of hydrogen-bond donors (Lipinski definition) is 2. The highest BCUT2D eigenvalue weighted by atomic mass is 35.5. The maximum Gasteiger partial charge on any atom is 0.356 e. The molecular weight excluding hydrogens is 318 g/mol. The van der Waals surface area contributed by atoms with Crippen LogP contribution < -0.4 is 10.5 Å². The molecule has 2 rings (SSSR count). The van der Waals surface area contributed by atoms with Gasteiger partial charge in [0.1, 0.15) is 5.82 Å². The van der Waals surface area contributed by atoms with Gasteiger partial charge in [0.15, 0.2) is 17.3 Å². The number of benzene rings is 1. The lowest BCUT2D eigenvalue weighted by molar-refractivity contribution is 0.0691. The van der Waals surface area contributed by atoms with E-state index in [1.165, 1.54) is 14.0 Å². The number of ether oxygens (including phenoxy) is 1. The quantitative estimate of drug-likeness (QED) is 0.903. The molecule has 116 valence electrons. The summed E-state index contributed by atoms with van der Waals surface area (Å²) in [5, 5.41) is 8.73. The molecule has 1 heterocycles. The molecule has 0 unspecified atom stereocenters. The Bertz CT molecular complexity index is 781. The molecule has 22 heavy (non-hydrogen) atoms.